The fraction of sp³-hybridized carbons (Fsp3) is 0.357. The van der Waals surface area contributed by atoms with Crippen LogP contribution in [0.15, 0.2) is 76.5 Å². The van der Waals surface area contributed by atoms with E-state index in [4.69, 9.17) is 11.6 Å². The number of halogens is 4. The highest BCUT2D eigenvalue weighted by Crippen LogP contribution is 2.47. The maximum absolute atomic E-state index is 13.3. The van der Waals surface area contributed by atoms with E-state index in [0.29, 0.717) is 37.4 Å². The zero-order chi connectivity index (χ0) is 24.6. The number of hydrogen-bond donors (Lipinski definition) is 1. The second kappa shape index (κ2) is 9.81. The van der Waals surface area contributed by atoms with Crippen LogP contribution in [0, 0.1) is 0 Å². The number of rotatable bonds is 5. The zero-order valence-electron chi connectivity index (χ0n) is 19.2. The minimum absolute atomic E-state index is 0.293. The highest BCUT2D eigenvalue weighted by Gasteiger charge is 2.38. The third kappa shape index (κ3) is 5.12. The average molecular weight is 518 g/mol. The van der Waals surface area contributed by atoms with Crippen LogP contribution in [0.2, 0.25) is 5.02 Å². The maximum Gasteiger partial charge on any atom is 0.417 e. The molecule has 2 heterocycles. The molecule has 2 nitrogen and oxygen atoms in total. The molecule has 2 aliphatic rings. The van der Waals surface area contributed by atoms with E-state index in [9.17, 15) is 18.3 Å². The summed E-state index contributed by atoms with van der Waals surface area (Å²) in [5.74, 6) is 0.361. The number of alkyl halides is 3. The van der Waals surface area contributed by atoms with E-state index in [1.807, 2.05) is 11.8 Å². The van der Waals surface area contributed by atoms with Crippen LogP contribution in [0.4, 0.5) is 13.2 Å². The Balaban J connectivity index is 1.21. The summed E-state index contributed by atoms with van der Waals surface area (Å²) in [5, 5.41) is 10.8. The van der Waals surface area contributed by atoms with E-state index in [2.05, 4.69) is 53.4 Å². The van der Waals surface area contributed by atoms with Crippen LogP contribution in [0.25, 0.3) is 0 Å². The minimum Gasteiger partial charge on any atom is -0.385 e. The number of fused-ring (bicyclic) bond motifs is 2. The molecule has 7 heteroatoms. The molecule has 3 aromatic rings. The lowest BCUT2D eigenvalue weighted by Gasteiger charge is -2.39. The summed E-state index contributed by atoms with van der Waals surface area (Å²) < 4.78 is 39.9. The van der Waals surface area contributed by atoms with Gasteiger partial charge in [-0.2, -0.15) is 13.2 Å². The first kappa shape index (κ1) is 24.7. The molecule has 0 saturated carbocycles. The topological polar surface area (TPSA) is 23.5 Å². The summed E-state index contributed by atoms with van der Waals surface area (Å²) in [4.78, 5) is 4.95. The van der Waals surface area contributed by atoms with Crippen LogP contribution in [0.5, 0.6) is 0 Å². The van der Waals surface area contributed by atoms with Crippen LogP contribution in [-0.4, -0.2) is 29.6 Å². The molecule has 0 amide bonds. The van der Waals surface area contributed by atoms with Crippen molar-refractivity contribution in [3.05, 3.63) is 94.0 Å². The summed E-state index contributed by atoms with van der Waals surface area (Å²) in [6, 6.07) is 21.0. The van der Waals surface area contributed by atoms with Gasteiger partial charge < -0.3 is 10.0 Å². The smallest absolute Gasteiger partial charge is 0.385 e. The van der Waals surface area contributed by atoms with Crippen molar-refractivity contribution in [1.29, 1.82) is 0 Å². The predicted octanol–water partition coefficient (Wildman–Crippen LogP) is 7.72. The van der Waals surface area contributed by atoms with Gasteiger partial charge in [-0.15, -0.1) is 0 Å². The first-order valence-electron chi connectivity index (χ1n) is 11.9. The largest absolute Gasteiger partial charge is 0.417 e. The van der Waals surface area contributed by atoms with E-state index in [0.717, 1.165) is 25.5 Å². The molecule has 5 rings (SSSR count). The standard InChI is InChI=1S/C28H27ClF3NOS/c29-24-12-11-19(18-23(24)28(30,31)32)27(34)13-16-33(17-14-27)15-5-8-20-21-6-1-3-9-25(21)35-26-10-4-2-7-22(20)26/h1-4,6-7,9-12,18,20,34H,5,8,13-17H2. The van der Waals surface area contributed by atoms with Crippen molar-refractivity contribution in [3.8, 4) is 0 Å². The third-order valence-electron chi connectivity index (χ3n) is 7.27. The molecule has 0 unspecified atom stereocenters. The van der Waals surface area contributed by atoms with E-state index < -0.39 is 17.3 Å². The Morgan fingerprint density at radius 1 is 0.943 bits per heavy atom. The van der Waals surface area contributed by atoms with Gasteiger partial charge in [0.05, 0.1) is 16.2 Å². The van der Waals surface area contributed by atoms with Crippen molar-refractivity contribution in [1.82, 2.24) is 4.90 Å². The van der Waals surface area contributed by atoms with Crippen LogP contribution in [-0.2, 0) is 11.8 Å². The fourth-order valence-corrected chi connectivity index (χ4v) is 6.72. The lowest BCUT2D eigenvalue weighted by Crippen LogP contribution is -2.43. The molecule has 1 saturated heterocycles. The Kier molecular flexibility index (Phi) is 6.92. The van der Waals surface area contributed by atoms with Gasteiger partial charge in [0, 0.05) is 28.8 Å². The Hall–Kier alpha value is -1.99. The third-order valence-corrected chi connectivity index (χ3v) is 8.78. The van der Waals surface area contributed by atoms with Crippen molar-refractivity contribution < 1.29 is 18.3 Å². The summed E-state index contributed by atoms with van der Waals surface area (Å²) >= 11 is 7.59. The van der Waals surface area contributed by atoms with Crippen molar-refractivity contribution in [2.24, 2.45) is 0 Å². The van der Waals surface area contributed by atoms with Crippen LogP contribution >= 0.6 is 23.4 Å². The number of benzene rings is 3. The van der Waals surface area contributed by atoms with Gasteiger partial charge in [-0.05, 0) is 73.2 Å². The lowest BCUT2D eigenvalue weighted by molar-refractivity contribution is -0.137. The molecule has 0 aliphatic carbocycles. The molecule has 1 fully saturated rings. The molecule has 184 valence electrons. The Labute approximate surface area is 213 Å². The first-order chi connectivity index (χ1) is 16.7. The first-order valence-corrected chi connectivity index (χ1v) is 13.1. The van der Waals surface area contributed by atoms with E-state index in [-0.39, 0.29) is 5.02 Å². The molecule has 0 bridgehead atoms. The van der Waals surface area contributed by atoms with Gasteiger partial charge >= 0.3 is 6.18 Å². The number of nitrogens with zero attached hydrogens (tertiary/aromatic N) is 1. The molecule has 0 spiro atoms. The van der Waals surface area contributed by atoms with Crippen molar-refractivity contribution >= 4 is 23.4 Å². The highest BCUT2D eigenvalue weighted by molar-refractivity contribution is 7.99. The zero-order valence-corrected chi connectivity index (χ0v) is 20.8. The van der Waals surface area contributed by atoms with Crippen LogP contribution in [0.3, 0.4) is 0 Å². The summed E-state index contributed by atoms with van der Waals surface area (Å²) in [7, 11) is 0. The Morgan fingerprint density at radius 3 is 2.14 bits per heavy atom. The summed E-state index contributed by atoms with van der Waals surface area (Å²) in [6.07, 6.45) is -1.70. The Bertz CT molecular complexity index is 1160. The average Bonchev–Trinajstić information content (AvgIpc) is 2.84. The highest BCUT2D eigenvalue weighted by atomic mass is 35.5. The van der Waals surface area contributed by atoms with Crippen LogP contribution in [0.1, 0.15) is 53.9 Å². The quantitative estimate of drug-likeness (QED) is 0.375. The van der Waals surface area contributed by atoms with Gasteiger partial charge in [0.1, 0.15) is 0 Å². The van der Waals surface area contributed by atoms with Gasteiger partial charge in [0.25, 0.3) is 0 Å². The Morgan fingerprint density at radius 2 is 1.54 bits per heavy atom. The molecule has 0 aromatic heterocycles. The molecule has 2 aliphatic heterocycles. The molecule has 3 aromatic carbocycles. The van der Waals surface area contributed by atoms with Crippen molar-refractivity contribution in [3.63, 3.8) is 0 Å². The van der Waals surface area contributed by atoms with E-state index in [1.165, 1.54) is 33.1 Å². The molecular weight excluding hydrogens is 491 g/mol. The molecule has 1 N–H and O–H groups in total. The number of hydrogen-bond acceptors (Lipinski definition) is 3. The fourth-order valence-electron chi connectivity index (χ4n) is 5.31. The summed E-state index contributed by atoms with van der Waals surface area (Å²) in [6.45, 7) is 2.20. The number of likely N-dealkylation sites (tertiary alicyclic amines) is 1. The second-order valence-corrected chi connectivity index (χ2v) is 10.9. The van der Waals surface area contributed by atoms with Gasteiger partial charge in [0.15, 0.2) is 0 Å². The van der Waals surface area contributed by atoms with Gasteiger partial charge in [0.2, 0.25) is 0 Å². The second-order valence-electron chi connectivity index (χ2n) is 9.44. The van der Waals surface area contributed by atoms with Crippen molar-refractivity contribution in [2.75, 3.05) is 19.6 Å². The van der Waals surface area contributed by atoms with Crippen molar-refractivity contribution in [2.45, 2.75) is 53.2 Å². The number of piperidine rings is 1. The molecular formula is C28H27ClF3NOS. The molecule has 0 atom stereocenters. The van der Waals surface area contributed by atoms with Gasteiger partial charge in [-0.1, -0.05) is 65.8 Å². The van der Waals surface area contributed by atoms with Gasteiger partial charge in [-0.3, -0.25) is 0 Å². The lowest BCUT2D eigenvalue weighted by atomic mass is 9.83. The minimum atomic E-state index is -4.54. The van der Waals surface area contributed by atoms with E-state index in [1.54, 1.807) is 0 Å². The monoisotopic (exact) mass is 517 g/mol. The molecule has 35 heavy (non-hydrogen) atoms. The molecule has 0 radical (unpaired) electrons. The number of aliphatic hydroxyl groups is 1. The normalized spacial score (nSPS) is 18.2. The van der Waals surface area contributed by atoms with Gasteiger partial charge in [-0.25, -0.2) is 0 Å². The predicted molar refractivity (Wildman–Crippen MR) is 134 cm³/mol. The summed E-state index contributed by atoms with van der Waals surface area (Å²) in [5.41, 5.74) is 0.903. The SMILES string of the molecule is OC1(c2ccc(Cl)c(C(F)(F)F)c2)CCN(CCCC2c3ccccc3Sc3ccccc32)CC1. The van der Waals surface area contributed by atoms with Crippen LogP contribution < -0.4 is 0 Å². The maximum atomic E-state index is 13.3. The van der Waals surface area contributed by atoms with E-state index >= 15 is 0 Å².